The molecule has 2 amide bonds. The van der Waals surface area contributed by atoms with Gasteiger partial charge in [0.05, 0.1) is 17.4 Å². The Morgan fingerprint density at radius 1 is 1.00 bits per heavy atom. The van der Waals surface area contributed by atoms with Crippen LogP contribution in [-0.4, -0.2) is 52.5 Å². The van der Waals surface area contributed by atoms with Gasteiger partial charge in [0.15, 0.2) is 0 Å². The van der Waals surface area contributed by atoms with Gasteiger partial charge in [0, 0.05) is 11.1 Å². The predicted octanol–water partition coefficient (Wildman–Crippen LogP) is 5.31. The third-order valence-corrected chi connectivity index (χ3v) is 8.39. The largest absolute Gasteiger partial charge is 0.458 e. The number of hydrogen-bond acceptors (Lipinski definition) is 7. The molecule has 1 fully saturated rings. The number of amides is 2. The summed E-state index contributed by atoms with van der Waals surface area (Å²) >= 11 is 3.74. The third-order valence-electron chi connectivity index (χ3n) is 7.16. The molecule has 0 bridgehead atoms. The van der Waals surface area contributed by atoms with Crippen molar-refractivity contribution in [1.82, 2.24) is 10.6 Å². The summed E-state index contributed by atoms with van der Waals surface area (Å²) in [5.41, 5.74) is 2.27. The number of nitrogens with one attached hydrogen (secondary N) is 2. The molecule has 9 nitrogen and oxygen atoms in total. The van der Waals surface area contributed by atoms with Crippen LogP contribution in [0, 0.1) is 0 Å². The Labute approximate surface area is 259 Å². The highest BCUT2D eigenvalue weighted by Crippen LogP contribution is 2.42. The summed E-state index contributed by atoms with van der Waals surface area (Å²) < 4.78 is 9.73. The van der Waals surface area contributed by atoms with Crippen LogP contribution in [-0.2, 0) is 25.7 Å². The molecule has 5 rings (SSSR count). The van der Waals surface area contributed by atoms with E-state index in [4.69, 9.17) is 14.5 Å². The molecule has 10 heteroatoms. The smallest absolute Gasteiger partial charge is 0.409 e. The molecule has 2 aliphatic heterocycles. The summed E-state index contributed by atoms with van der Waals surface area (Å²) in [5.74, 6) is -1.25. The van der Waals surface area contributed by atoms with Gasteiger partial charge in [0.2, 0.25) is 10.6 Å². The number of ether oxygens (including phenoxy) is 2. The van der Waals surface area contributed by atoms with Gasteiger partial charge in [-0.05, 0) is 67.7 Å². The molecule has 0 aliphatic carbocycles. The SMILES string of the molecule is CC(C)(C)OC(=O)C(Br)([C@@H]1CCCN1)N1C(=O)C(NC(=O)OCc2ccccc2)N=C(c2ccccc2)c2ccccc21. The topological polar surface area (TPSA) is 109 Å². The third kappa shape index (κ3) is 6.65. The van der Waals surface area contributed by atoms with Gasteiger partial charge in [0.1, 0.15) is 12.2 Å². The van der Waals surface area contributed by atoms with Crippen molar-refractivity contribution in [3.05, 3.63) is 102 Å². The van der Waals surface area contributed by atoms with Crippen LogP contribution in [0.5, 0.6) is 0 Å². The molecule has 2 aliphatic rings. The summed E-state index contributed by atoms with van der Waals surface area (Å²) in [6.07, 6.45) is -0.809. The number of alkyl carbamates (subject to hydrolysis) is 1. The maximum absolute atomic E-state index is 14.7. The molecular formula is C33H35BrN4O5. The zero-order valence-corrected chi connectivity index (χ0v) is 26.0. The number of aliphatic imine (C=N–C) groups is 1. The number of rotatable bonds is 7. The summed E-state index contributed by atoms with van der Waals surface area (Å²) in [4.78, 5) is 48.1. The monoisotopic (exact) mass is 646 g/mol. The van der Waals surface area contributed by atoms with Gasteiger partial charge in [0.25, 0.3) is 5.91 Å². The molecule has 2 unspecified atom stereocenters. The molecule has 2 N–H and O–H groups in total. The van der Waals surface area contributed by atoms with Crippen molar-refractivity contribution in [2.75, 3.05) is 11.4 Å². The van der Waals surface area contributed by atoms with Crippen molar-refractivity contribution in [3.8, 4) is 0 Å². The highest BCUT2D eigenvalue weighted by molar-refractivity contribution is 9.10. The minimum Gasteiger partial charge on any atom is -0.458 e. The Kier molecular flexibility index (Phi) is 8.98. The number of para-hydroxylation sites is 1. The molecule has 224 valence electrons. The second-order valence-electron chi connectivity index (χ2n) is 11.5. The van der Waals surface area contributed by atoms with E-state index in [2.05, 4.69) is 26.6 Å². The number of esters is 1. The number of halogens is 1. The van der Waals surface area contributed by atoms with Crippen LogP contribution in [0.4, 0.5) is 10.5 Å². The quantitative estimate of drug-likeness (QED) is 0.205. The normalized spacial score (nSPS) is 19.9. The maximum Gasteiger partial charge on any atom is 0.409 e. The highest BCUT2D eigenvalue weighted by atomic mass is 79.9. The number of benzodiazepines with no additional fused rings is 1. The maximum atomic E-state index is 14.7. The molecule has 0 saturated carbocycles. The van der Waals surface area contributed by atoms with E-state index < -0.39 is 40.2 Å². The molecule has 2 heterocycles. The van der Waals surface area contributed by atoms with Crippen molar-refractivity contribution >= 4 is 45.3 Å². The number of carbonyl (C=O) groups is 3. The average Bonchev–Trinajstić information content (AvgIpc) is 3.51. The van der Waals surface area contributed by atoms with Gasteiger partial charge in [-0.1, -0.05) is 78.9 Å². The molecule has 0 aromatic heterocycles. The Morgan fingerprint density at radius 2 is 1.65 bits per heavy atom. The Hall–Kier alpha value is -4.02. The van der Waals surface area contributed by atoms with Crippen LogP contribution in [0.15, 0.2) is 89.9 Å². The number of nitrogens with zero attached hydrogens (tertiary/aromatic N) is 2. The van der Waals surface area contributed by atoms with Gasteiger partial charge in [-0.2, -0.15) is 0 Å². The molecular weight excluding hydrogens is 612 g/mol. The lowest BCUT2D eigenvalue weighted by Crippen LogP contribution is -2.66. The van der Waals surface area contributed by atoms with E-state index in [-0.39, 0.29) is 6.61 Å². The summed E-state index contributed by atoms with van der Waals surface area (Å²) in [6.45, 7) is 6.02. The number of hydrogen-bond donors (Lipinski definition) is 2. The lowest BCUT2D eigenvalue weighted by Gasteiger charge is -2.43. The molecule has 3 aromatic rings. The number of carbonyl (C=O) groups excluding carboxylic acids is 3. The van der Waals surface area contributed by atoms with Crippen LogP contribution < -0.4 is 15.5 Å². The minimum atomic E-state index is -1.65. The minimum absolute atomic E-state index is 0.0130. The first-order valence-corrected chi connectivity index (χ1v) is 15.1. The van der Waals surface area contributed by atoms with E-state index in [0.29, 0.717) is 29.9 Å². The van der Waals surface area contributed by atoms with Crippen molar-refractivity contribution < 1.29 is 23.9 Å². The Bertz CT molecular complexity index is 1500. The molecule has 43 heavy (non-hydrogen) atoms. The fourth-order valence-electron chi connectivity index (χ4n) is 5.25. The second kappa shape index (κ2) is 12.7. The van der Waals surface area contributed by atoms with E-state index in [9.17, 15) is 14.4 Å². The van der Waals surface area contributed by atoms with Crippen molar-refractivity contribution in [3.63, 3.8) is 0 Å². The average molecular weight is 648 g/mol. The zero-order chi connectivity index (χ0) is 30.6. The van der Waals surface area contributed by atoms with E-state index in [1.165, 1.54) is 4.90 Å². The molecule has 0 spiro atoms. The van der Waals surface area contributed by atoms with Crippen LogP contribution in [0.3, 0.4) is 0 Å². The number of alkyl halides is 1. The molecule has 0 radical (unpaired) electrons. The Morgan fingerprint density at radius 3 is 2.30 bits per heavy atom. The van der Waals surface area contributed by atoms with Crippen molar-refractivity contribution in [2.24, 2.45) is 4.99 Å². The first-order chi connectivity index (χ1) is 20.6. The fourth-order valence-corrected chi connectivity index (χ4v) is 6.08. The van der Waals surface area contributed by atoms with Crippen LogP contribution in [0.2, 0.25) is 0 Å². The van der Waals surface area contributed by atoms with E-state index >= 15 is 0 Å². The van der Waals surface area contributed by atoms with E-state index in [1.807, 2.05) is 72.8 Å². The van der Waals surface area contributed by atoms with E-state index in [0.717, 1.165) is 17.5 Å². The lowest BCUT2D eigenvalue weighted by molar-refractivity contribution is -0.159. The molecule has 3 aromatic carbocycles. The van der Waals surface area contributed by atoms with Gasteiger partial charge < -0.3 is 14.8 Å². The number of anilines is 1. The highest BCUT2D eigenvalue weighted by Gasteiger charge is 2.56. The first-order valence-electron chi connectivity index (χ1n) is 14.3. The van der Waals surface area contributed by atoms with Crippen LogP contribution in [0.25, 0.3) is 0 Å². The Balaban J connectivity index is 1.61. The van der Waals surface area contributed by atoms with Crippen LogP contribution in [0.1, 0.15) is 50.3 Å². The van der Waals surface area contributed by atoms with E-state index in [1.54, 1.807) is 32.9 Å². The zero-order valence-electron chi connectivity index (χ0n) is 24.4. The lowest BCUT2D eigenvalue weighted by atomic mass is 9.97. The number of benzene rings is 3. The second-order valence-corrected chi connectivity index (χ2v) is 12.7. The fraction of sp³-hybridized carbons (Fsp3) is 0.333. The van der Waals surface area contributed by atoms with Gasteiger partial charge >= 0.3 is 12.1 Å². The first kappa shape index (κ1) is 30.4. The summed E-state index contributed by atoms with van der Waals surface area (Å²) in [7, 11) is 0. The summed E-state index contributed by atoms with van der Waals surface area (Å²) in [5, 5.41) is 6.04. The number of fused-ring (bicyclic) bond motifs is 1. The predicted molar refractivity (Wildman–Crippen MR) is 168 cm³/mol. The van der Waals surface area contributed by atoms with Crippen LogP contribution >= 0.6 is 15.9 Å². The molecule has 1 saturated heterocycles. The van der Waals surface area contributed by atoms with Gasteiger partial charge in [-0.3, -0.25) is 15.0 Å². The van der Waals surface area contributed by atoms with Crippen molar-refractivity contribution in [1.29, 1.82) is 0 Å². The summed E-state index contributed by atoms with van der Waals surface area (Å²) in [6, 6.07) is 25.4. The van der Waals surface area contributed by atoms with Gasteiger partial charge in [-0.15, -0.1) is 0 Å². The standard InChI is InChI=1S/C33H35BrN4O5/c1-32(2,3)43-30(40)33(34,26-19-12-20-35-26)38-25-18-11-10-17-24(25)27(23-15-8-5-9-16-23)36-28(29(38)39)37-31(41)42-21-22-13-6-4-7-14-22/h4-11,13-18,26,28,35H,12,19-21H2,1-3H3,(H,37,41)/t26-,28?,33?/m0/s1. The van der Waals surface area contributed by atoms with Crippen molar-refractivity contribution in [2.45, 2.75) is 62.5 Å². The molecule has 3 atom stereocenters. The van der Waals surface area contributed by atoms with Gasteiger partial charge in [-0.25, -0.2) is 14.6 Å².